The Kier molecular flexibility index (Phi) is 4.45. The lowest BCUT2D eigenvalue weighted by atomic mass is 10.2. The molecule has 0 saturated heterocycles. The third-order valence-electron chi connectivity index (χ3n) is 1.92. The van der Waals surface area contributed by atoms with Crippen LogP contribution >= 0.6 is 0 Å². The summed E-state index contributed by atoms with van der Waals surface area (Å²) >= 11 is 0. The first-order chi connectivity index (χ1) is 8.38. The lowest BCUT2D eigenvalue weighted by molar-refractivity contribution is 0.177. The fraction of sp³-hybridized carbons (Fsp3) is 0.222. The standard InChI is InChI=1S/C9H12FN3O4S/c1-17-9(14)13-18(15,16)12-8-3-2-6(5-11)4-7(8)10/h2-4,12H,5,11H2,1H3,(H,13,14). The number of halogens is 1. The summed E-state index contributed by atoms with van der Waals surface area (Å²) in [5.41, 5.74) is 5.51. The van der Waals surface area contributed by atoms with E-state index in [4.69, 9.17) is 5.73 Å². The van der Waals surface area contributed by atoms with Crippen molar-refractivity contribution in [2.75, 3.05) is 11.8 Å². The molecular formula is C9H12FN3O4S. The van der Waals surface area contributed by atoms with Gasteiger partial charge in [-0.1, -0.05) is 6.07 Å². The summed E-state index contributed by atoms with van der Waals surface area (Å²) in [5.74, 6) is -0.798. The molecule has 0 bridgehead atoms. The van der Waals surface area contributed by atoms with Crippen molar-refractivity contribution in [2.24, 2.45) is 5.73 Å². The smallest absolute Gasteiger partial charge is 0.422 e. The molecule has 0 spiro atoms. The van der Waals surface area contributed by atoms with Gasteiger partial charge in [0, 0.05) is 6.54 Å². The van der Waals surface area contributed by atoms with Crippen LogP contribution in [-0.2, 0) is 21.5 Å². The van der Waals surface area contributed by atoms with E-state index >= 15 is 0 Å². The second-order valence-electron chi connectivity index (χ2n) is 3.22. The van der Waals surface area contributed by atoms with Crippen molar-refractivity contribution in [2.45, 2.75) is 6.54 Å². The lowest BCUT2D eigenvalue weighted by Gasteiger charge is -2.09. The van der Waals surface area contributed by atoms with Crippen LogP contribution in [0.3, 0.4) is 0 Å². The van der Waals surface area contributed by atoms with Crippen molar-refractivity contribution in [3.8, 4) is 0 Å². The van der Waals surface area contributed by atoms with Crippen LogP contribution in [0.15, 0.2) is 18.2 Å². The van der Waals surface area contributed by atoms with Crippen LogP contribution in [0.5, 0.6) is 0 Å². The molecule has 4 N–H and O–H groups in total. The lowest BCUT2D eigenvalue weighted by Crippen LogP contribution is -2.35. The van der Waals surface area contributed by atoms with Crippen LogP contribution in [0.25, 0.3) is 0 Å². The first kappa shape index (κ1) is 14.2. The first-order valence-corrected chi connectivity index (χ1v) is 6.23. The zero-order valence-electron chi connectivity index (χ0n) is 9.44. The van der Waals surface area contributed by atoms with Gasteiger partial charge in [0.1, 0.15) is 5.82 Å². The highest BCUT2D eigenvalue weighted by Gasteiger charge is 2.16. The highest BCUT2D eigenvalue weighted by molar-refractivity contribution is 7.91. The number of nitrogens with two attached hydrogens (primary N) is 1. The molecule has 0 unspecified atom stereocenters. The van der Waals surface area contributed by atoms with Gasteiger partial charge in [-0.15, -0.1) is 0 Å². The van der Waals surface area contributed by atoms with Gasteiger partial charge in [-0.25, -0.2) is 13.9 Å². The molecule has 0 heterocycles. The Morgan fingerprint density at radius 1 is 1.50 bits per heavy atom. The van der Waals surface area contributed by atoms with E-state index in [2.05, 4.69) is 4.74 Å². The molecule has 1 amide bonds. The van der Waals surface area contributed by atoms with Gasteiger partial charge < -0.3 is 10.5 Å². The van der Waals surface area contributed by atoms with Gasteiger partial charge in [-0.3, -0.25) is 4.72 Å². The molecule has 0 aliphatic heterocycles. The molecule has 0 fully saturated rings. The Labute approximate surface area is 103 Å². The molecule has 0 aliphatic carbocycles. The van der Waals surface area contributed by atoms with Gasteiger partial charge >= 0.3 is 16.3 Å². The predicted molar refractivity (Wildman–Crippen MR) is 62.4 cm³/mol. The van der Waals surface area contributed by atoms with Crippen LogP contribution < -0.4 is 15.2 Å². The summed E-state index contributed by atoms with van der Waals surface area (Å²) in [6, 6.07) is 3.75. The second kappa shape index (κ2) is 5.65. The molecule has 18 heavy (non-hydrogen) atoms. The molecule has 1 aromatic rings. The summed E-state index contributed by atoms with van der Waals surface area (Å²) in [6.45, 7) is 0.129. The average Bonchev–Trinajstić information content (AvgIpc) is 2.30. The largest absolute Gasteiger partial charge is 0.452 e. The third-order valence-corrected chi connectivity index (χ3v) is 2.84. The van der Waals surface area contributed by atoms with E-state index in [0.29, 0.717) is 5.56 Å². The molecule has 9 heteroatoms. The van der Waals surface area contributed by atoms with E-state index in [1.165, 1.54) is 16.9 Å². The molecule has 0 atom stereocenters. The predicted octanol–water partition coefficient (Wildman–Crippen LogP) is 0.297. The molecule has 0 aliphatic rings. The van der Waals surface area contributed by atoms with Crippen molar-refractivity contribution >= 4 is 22.0 Å². The minimum atomic E-state index is -4.23. The normalized spacial score (nSPS) is 10.8. The zero-order chi connectivity index (χ0) is 13.8. The fourth-order valence-corrected chi connectivity index (χ4v) is 1.90. The summed E-state index contributed by atoms with van der Waals surface area (Å²) in [5, 5.41) is 0. The van der Waals surface area contributed by atoms with Crippen molar-refractivity contribution < 1.29 is 22.3 Å². The van der Waals surface area contributed by atoms with Gasteiger partial charge in [-0.05, 0) is 17.7 Å². The molecule has 1 rings (SSSR count). The second-order valence-corrected chi connectivity index (χ2v) is 4.63. The average molecular weight is 277 g/mol. The summed E-state index contributed by atoms with van der Waals surface area (Å²) in [4.78, 5) is 10.7. The highest BCUT2D eigenvalue weighted by Crippen LogP contribution is 2.16. The van der Waals surface area contributed by atoms with E-state index in [1.54, 1.807) is 0 Å². The van der Waals surface area contributed by atoms with Gasteiger partial charge in [0.15, 0.2) is 0 Å². The van der Waals surface area contributed by atoms with E-state index < -0.39 is 22.1 Å². The molecule has 7 nitrogen and oxygen atoms in total. The molecule has 100 valence electrons. The van der Waals surface area contributed by atoms with Gasteiger partial charge in [-0.2, -0.15) is 8.42 Å². The van der Waals surface area contributed by atoms with Crippen LogP contribution in [0.2, 0.25) is 0 Å². The topological polar surface area (TPSA) is 111 Å². The minimum Gasteiger partial charge on any atom is -0.452 e. The number of carbonyl (C=O) groups excluding carboxylic acids is 1. The van der Waals surface area contributed by atoms with Crippen molar-refractivity contribution in [1.29, 1.82) is 0 Å². The van der Waals surface area contributed by atoms with Gasteiger partial charge in [0.25, 0.3) is 0 Å². The molecule has 0 aromatic heterocycles. The number of nitrogens with one attached hydrogen (secondary N) is 2. The number of hydrogen-bond donors (Lipinski definition) is 3. The van der Waals surface area contributed by atoms with E-state index in [-0.39, 0.29) is 12.2 Å². The summed E-state index contributed by atoms with van der Waals surface area (Å²) in [6.07, 6.45) is -1.18. The summed E-state index contributed by atoms with van der Waals surface area (Å²) < 4.78 is 43.7. The minimum absolute atomic E-state index is 0.129. The maximum Gasteiger partial charge on any atom is 0.422 e. The molecule has 0 saturated carbocycles. The van der Waals surface area contributed by atoms with Gasteiger partial charge in [0.05, 0.1) is 12.8 Å². The maximum absolute atomic E-state index is 13.5. The first-order valence-electron chi connectivity index (χ1n) is 4.75. The number of amides is 1. The quantitative estimate of drug-likeness (QED) is 0.733. The van der Waals surface area contributed by atoms with Crippen LogP contribution in [0.1, 0.15) is 5.56 Å². The number of ether oxygens (including phenoxy) is 1. The number of methoxy groups -OCH3 is 1. The molecule has 1 aromatic carbocycles. The van der Waals surface area contributed by atoms with E-state index in [1.807, 2.05) is 4.72 Å². The number of rotatable bonds is 4. The zero-order valence-corrected chi connectivity index (χ0v) is 10.3. The summed E-state index contributed by atoms with van der Waals surface area (Å²) in [7, 11) is -3.23. The Balaban J connectivity index is 2.87. The van der Waals surface area contributed by atoms with Crippen LogP contribution in [0, 0.1) is 5.82 Å². The van der Waals surface area contributed by atoms with Crippen molar-refractivity contribution in [3.63, 3.8) is 0 Å². The monoisotopic (exact) mass is 277 g/mol. The Bertz CT molecular complexity index is 547. The molecular weight excluding hydrogens is 265 g/mol. The maximum atomic E-state index is 13.5. The van der Waals surface area contributed by atoms with Crippen molar-refractivity contribution in [3.05, 3.63) is 29.6 Å². The number of anilines is 1. The number of hydrogen-bond acceptors (Lipinski definition) is 5. The van der Waals surface area contributed by atoms with Crippen LogP contribution in [-0.4, -0.2) is 21.6 Å². The van der Waals surface area contributed by atoms with Gasteiger partial charge in [0.2, 0.25) is 0 Å². The fourth-order valence-electron chi connectivity index (χ4n) is 1.09. The van der Waals surface area contributed by atoms with Crippen molar-refractivity contribution in [1.82, 2.24) is 4.72 Å². The number of carbonyl (C=O) groups is 1. The highest BCUT2D eigenvalue weighted by atomic mass is 32.2. The Morgan fingerprint density at radius 2 is 2.17 bits per heavy atom. The molecule has 0 radical (unpaired) electrons. The Morgan fingerprint density at radius 3 is 2.67 bits per heavy atom. The van der Waals surface area contributed by atoms with E-state index in [0.717, 1.165) is 13.2 Å². The SMILES string of the molecule is COC(=O)NS(=O)(=O)Nc1ccc(CN)cc1F. The third kappa shape index (κ3) is 3.86. The van der Waals surface area contributed by atoms with E-state index in [9.17, 15) is 17.6 Å². The van der Waals surface area contributed by atoms with Crippen LogP contribution in [0.4, 0.5) is 14.9 Å². The number of benzene rings is 1. The Hall–Kier alpha value is -1.87.